The Labute approximate surface area is 121 Å². The van der Waals surface area contributed by atoms with Crippen LogP contribution in [-0.2, 0) is 11.2 Å². The molecule has 20 heavy (non-hydrogen) atoms. The number of anilines is 1. The average molecular weight is 277 g/mol. The van der Waals surface area contributed by atoms with Crippen LogP contribution in [0.4, 0.5) is 5.69 Å². The summed E-state index contributed by atoms with van der Waals surface area (Å²) in [5.41, 5.74) is 22.5. The van der Waals surface area contributed by atoms with Crippen molar-refractivity contribution in [2.24, 2.45) is 11.5 Å². The standard InChI is InChI=1S/C16H27N3O/c1-10-8-11(2)13(16(19)12(10)3)9-15(20)14(18)6-4-5-7-17/h8,14H,4-7,9,17-19H2,1-3H3. The highest BCUT2D eigenvalue weighted by atomic mass is 16.1. The van der Waals surface area contributed by atoms with Gasteiger partial charge in [-0.25, -0.2) is 0 Å². The SMILES string of the molecule is Cc1cc(C)c(CC(=O)C(N)CCCCN)c(N)c1C. The van der Waals surface area contributed by atoms with Crippen LogP contribution in [0.15, 0.2) is 6.07 Å². The Balaban J connectivity index is 2.78. The first kappa shape index (κ1) is 16.7. The van der Waals surface area contributed by atoms with Crippen LogP contribution in [0.5, 0.6) is 0 Å². The van der Waals surface area contributed by atoms with Gasteiger partial charge in [0.15, 0.2) is 5.78 Å². The first-order valence-electron chi connectivity index (χ1n) is 7.22. The Morgan fingerprint density at radius 2 is 1.85 bits per heavy atom. The fourth-order valence-electron chi connectivity index (χ4n) is 2.38. The zero-order valence-electron chi connectivity index (χ0n) is 12.8. The van der Waals surface area contributed by atoms with Crippen LogP contribution in [0.25, 0.3) is 0 Å². The maximum Gasteiger partial charge on any atom is 0.153 e. The van der Waals surface area contributed by atoms with Crippen LogP contribution in [0.3, 0.4) is 0 Å². The van der Waals surface area contributed by atoms with Crippen LogP contribution < -0.4 is 17.2 Å². The molecule has 0 aliphatic heterocycles. The summed E-state index contributed by atoms with van der Waals surface area (Å²) in [4.78, 5) is 12.2. The minimum absolute atomic E-state index is 0.0556. The Morgan fingerprint density at radius 1 is 1.20 bits per heavy atom. The van der Waals surface area contributed by atoms with E-state index in [-0.39, 0.29) is 5.78 Å². The summed E-state index contributed by atoms with van der Waals surface area (Å²) in [5.74, 6) is 0.0556. The fourth-order valence-corrected chi connectivity index (χ4v) is 2.38. The van der Waals surface area contributed by atoms with Gasteiger partial charge in [-0.15, -0.1) is 0 Å². The Bertz CT molecular complexity index is 483. The predicted octanol–water partition coefficient (Wildman–Crippen LogP) is 1.76. The molecular formula is C16H27N3O. The molecular weight excluding hydrogens is 250 g/mol. The van der Waals surface area contributed by atoms with E-state index in [1.54, 1.807) is 0 Å². The molecule has 0 aliphatic rings. The van der Waals surface area contributed by atoms with Gasteiger partial charge in [-0.05, 0) is 62.4 Å². The van der Waals surface area contributed by atoms with Crippen molar-refractivity contribution in [3.8, 4) is 0 Å². The third kappa shape index (κ3) is 4.05. The first-order chi connectivity index (χ1) is 9.38. The lowest BCUT2D eigenvalue weighted by Gasteiger charge is -2.16. The van der Waals surface area contributed by atoms with E-state index in [1.165, 1.54) is 0 Å². The molecule has 4 heteroatoms. The second kappa shape index (κ2) is 7.41. The Kier molecular flexibility index (Phi) is 6.17. The van der Waals surface area contributed by atoms with Crippen molar-refractivity contribution in [3.63, 3.8) is 0 Å². The monoisotopic (exact) mass is 277 g/mol. The third-order valence-electron chi connectivity index (χ3n) is 3.96. The number of nitrogen functional groups attached to an aromatic ring is 1. The van der Waals surface area contributed by atoms with Crippen LogP contribution in [-0.4, -0.2) is 18.4 Å². The van der Waals surface area contributed by atoms with E-state index in [4.69, 9.17) is 17.2 Å². The lowest BCUT2D eigenvalue weighted by molar-refractivity contribution is -0.119. The van der Waals surface area contributed by atoms with E-state index in [2.05, 4.69) is 6.07 Å². The summed E-state index contributed by atoms with van der Waals surface area (Å²) in [6.07, 6.45) is 2.82. The van der Waals surface area contributed by atoms with Gasteiger partial charge in [0.05, 0.1) is 6.04 Å². The number of unbranched alkanes of at least 4 members (excludes halogenated alkanes) is 1. The summed E-state index contributed by atoms with van der Waals surface area (Å²) in [5, 5.41) is 0. The molecule has 1 rings (SSSR count). The number of carbonyl (C=O) groups excluding carboxylic acids is 1. The van der Waals surface area contributed by atoms with Gasteiger partial charge in [0.25, 0.3) is 0 Å². The number of ketones is 1. The maximum absolute atomic E-state index is 12.2. The summed E-state index contributed by atoms with van der Waals surface area (Å²) in [6.45, 7) is 6.65. The van der Waals surface area contributed by atoms with Crippen molar-refractivity contribution in [3.05, 3.63) is 28.3 Å². The van der Waals surface area contributed by atoms with Crippen LogP contribution in [0, 0.1) is 20.8 Å². The van der Waals surface area contributed by atoms with Crippen molar-refractivity contribution in [2.45, 2.75) is 52.5 Å². The molecule has 0 fully saturated rings. The van der Waals surface area contributed by atoms with Crippen molar-refractivity contribution >= 4 is 11.5 Å². The number of rotatable bonds is 7. The third-order valence-corrected chi connectivity index (χ3v) is 3.96. The van der Waals surface area contributed by atoms with E-state index in [9.17, 15) is 4.79 Å². The number of carbonyl (C=O) groups is 1. The van der Waals surface area contributed by atoms with Crippen LogP contribution in [0.2, 0.25) is 0 Å². The highest BCUT2D eigenvalue weighted by Crippen LogP contribution is 2.25. The zero-order valence-corrected chi connectivity index (χ0v) is 12.8. The number of nitrogens with two attached hydrogens (primary N) is 3. The number of Topliss-reactive ketones (excluding diaryl/α,β-unsaturated/α-hetero) is 1. The van der Waals surface area contributed by atoms with Gasteiger partial charge in [0, 0.05) is 12.1 Å². The van der Waals surface area contributed by atoms with Crippen LogP contribution >= 0.6 is 0 Å². The van der Waals surface area contributed by atoms with Crippen LogP contribution in [0.1, 0.15) is 41.5 Å². The second-order valence-corrected chi connectivity index (χ2v) is 5.56. The van der Waals surface area contributed by atoms with E-state index in [0.29, 0.717) is 19.4 Å². The highest BCUT2D eigenvalue weighted by Gasteiger charge is 2.17. The average Bonchev–Trinajstić information content (AvgIpc) is 2.41. The van der Waals surface area contributed by atoms with E-state index < -0.39 is 6.04 Å². The lowest BCUT2D eigenvalue weighted by Crippen LogP contribution is -2.32. The number of aryl methyl sites for hydroxylation is 2. The molecule has 0 saturated heterocycles. The predicted molar refractivity (Wildman–Crippen MR) is 84.7 cm³/mol. The summed E-state index contributed by atoms with van der Waals surface area (Å²) in [7, 11) is 0. The molecule has 0 bridgehead atoms. The minimum Gasteiger partial charge on any atom is -0.398 e. The summed E-state index contributed by atoms with van der Waals surface area (Å²) >= 11 is 0. The Hall–Kier alpha value is -1.39. The van der Waals surface area contributed by atoms with Crippen molar-refractivity contribution in [2.75, 3.05) is 12.3 Å². The molecule has 112 valence electrons. The normalized spacial score (nSPS) is 12.4. The second-order valence-electron chi connectivity index (χ2n) is 5.56. The summed E-state index contributed by atoms with van der Waals surface area (Å²) < 4.78 is 0. The fraction of sp³-hybridized carbons (Fsp3) is 0.562. The molecule has 4 nitrogen and oxygen atoms in total. The highest BCUT2D eigenvalue weighted by molar-refractivity contribution is 5.87. The van der Waals surface area contributed by atoms with Gasteiger partial charge < -0.3 is 17.2 Å². The molecule has 1 aromatic carbocycles. The zero-order chi connectivity index (χ0) is 15.3. The van der Waals surface area contributed by atoms with Gasteiger partial charge in [0.1, 0.15) is 0 Å². The largest absolute Gasteiger partial charge is 0.398 e. The Morgan fingerprint density at radius 3 is 2.45 bits per heavy atom. The molecule has 1 atom stereocenters. The van der Waals surface area contributed by atoms with Gasteiger partial charge in [0.2, 0.25) is 0 Å². The minimum atomic E-state index is -0.415. The van der Waals surface area contributed by atoms with Gasteiger partial charge in [-0.2, -0.15) is 0 Å². The number of hydrogen-bond acceptors (Lipinski definition) is 4. The number of benzene rings is 1. The topological polar surface area (TPSA) is 95.1 Å². The summed E-state index contributed by atoms with van der Waals surface area (Å²) in [6, 6.07) is 1.66. The van der Waals surface area contributed by atoms with Crippen molar-refractivity contribution in [1.82, 2.24) is 0 Å². The lowest BCUT2D eigenvalue weighted by atomic mass is 9.92. The molecule has 0 heterocycles. The van der Waals surface area contributed by atoms with Gasteiger partial charge in [-0.3, -0.25) is 4.79 Å². The molecule has 0 aliphatic carbocycles. The molecule has 1 unspecified atom stereocenters. The quantitative estimate of drug-likeness (QED) is 0.523. The molecule has 0 amide bonds. The van der Waals surface area contributed by atoms with E-state index in [1.807, 2.05) is 20.8 Å². The first-order valence-corrected chi connectivity index (χ1v) is 7.22. The molecule has 6 N–H and O–H groups in total. The van der Waals surface area contributed by atoms with Gasteiger partial charge in [-0.1, -0.05) is 12.5 Å². The molecule has 0 aromatic heterocycles. The van der Waals surface area contributed by atoms with Crippen molar-refractivity contribution in [1.29, 1.82) is 0 Å². The molecule has 1 aromatic rings. The van der Waals surface area contributed by atoms with Crippen molar-refractivity contribution < 1.29 is 4.79 Å². The maximum atomic E-state index is 12.2. The smallest absolute Gasteiger partial charge is 0.153 e. The van der Waals surface area contributed by atoms with E-state index in [0.717, 1.165) is 40.8 Å². The molecule has 0 saturated carbocycles. The van der Waals surface area contributed by atoms with E-state index >= 15 is 0 Å². The number of hydrogen-bond donors (Lipinski definition) is 3. The molecule has 0 radical (unpaired) electrons. The van der Waals surface area contributed by atoms with Gasteiger partial charge >= 0.3 is 0 Å². The molecule has 0 spiro atoms.